The Labute approximate surface area is 107 Å². The molecule has 1 saturated heterocycles. The first kappa shape index (κ1) is 11.6. The molecule has 2 aliphatic heterocycles. The van der Waals surface area contributed by atoms with Crippen LogP contribution < -0.4 is 0 Å². The van der Waals surface area contributed by atoms with Gasteiger partial charge in [0.2, 0.25) is 0 Å². The van der Waals surface area contributed by atoms with E-state index in [4.69, 9.17) is 0 Å². The minimum atomic E-state index is 0.317. The van der Waals surface area contributed by atoms with Gasteiger partial charge in [-0.25, -0.2) is 4.98 Å². The van der Waals surface area contributed by atoms with Gasteiger partial charge in [-0.15, -0.1) is 0 Å². The number of thioether (sulfide) groups is 1. The zero-order valence-electron chi connectivity index (χ0n) is 10.1. The van der Waals surface area contributed by atoms with Crippen LogP contribution in [0.25, 0.3) is 0 Å². The molecule has 0 aliphatic carbocycles. The number of rotatable bonds is 2. The molecule has 3 nitrogen and oxygen atoms in total. The zero-order chi connectivity index (χ0) is 11.7. The Morgan fingerprint density at radius 1 is 1.35 bits per heavy atom. The number of imidazole rings is 1. The van der Waals surface area contributed by atoms with Gasteiger partial charge in [-0.2, -0.15) is 11.8 Å². The lowest BCUT2D eigenvalue weighted by Gasteiger charge is -2.27. The Kier molecular flexibility index (Phi) is 3.43. The quantitative estimate of drug-likeness (QED) is 0.875. The summed E-state index contributed by atoms with van der Waals surface area (Å²) in [5.41, 5.74) is 1.38. The first-order chi connectivity index (χ1) is 8.38. The summed E-state index contributed by atoms with van der Waals surface area (Å²) in [6.45, 7) is 1.29. The molecule has 3 heterocycles. The summed E-state index contributed by atoms with van der Waals surface area (Å²) >= 11 is 2.06. The highest BCUT2D eigenvalue weighted by Crippen LogP contribution is 2.33. The van der Waals surface area contributed by atoms with Crippen LogP contribution in [0.15, 0.2) is 6.20 Å². The number of nitrogens with zero attached hydrogens (tertiary/aromatic N) is 2. The molecule has 94 valence electrons. The van der Waals surface area contributed by atoms with Crippen molar-refractivity contribution in [2.45, 2.75) is 38.1 Å². The Bertz CT molecular complexity index is 385. The lowest BCUT2D eigenvalue weighted by molar-refractivity contribution is 0.189. The van der Waals surface area contributed by atoms with E-state index in [-0.39, 0.29) is 0 Å². The van der Waals surface area contributed by atoms with Crippen molar-refractivity contribution in [3.8, 4) is 0 Å². The normalized spacial score (nSPS) is 25.8. The van der Waals surface area contributed by atoms with Crippen LogP contribution >= 0.6 is 11.8 Å². The van der Waals surface area contributed by atoms with E-state index >= 15 is 0 Å². The van der Waals surface area contributed by atoms with Crippen LogP contribution in [-0.4, -0.2) is 32.8 Å². The molecule has 1 N–H and O–H groups in total. The Morgan fingerprint density at radius 3 is 2.94 bits per heavy atom. The van der Waals surface area contributed by atoms with E-state index < -0.39 is 0 Å². The fourth-order valence-electron chi connectivity index (χ4n) is 2.97. The third-order valence-corrected chi connectivity index (χ3v) is 5.11. The van der Waals surface area contributed by atoms with Gasteiger partial charge < -0.3 is 9.67 Å². The topological polar surface area (TPSA) is 38.1 Å². The molecule has 0 aromatic carbocycles. The molecule has 4 heteroatoms. The summed E-state index contributed by atoms with van der Waals surface area (Å²) in [7, 11) is 0. The second kappa shape index (κ2) is 5.02. The fraction of sp³-hybridized carbons (Fsp3) is 0.769. The van der Waals surface area contributed by atoms with Crippen molar-refractivity contribution < 1.29 is 5.11 Å². The van der Waals surface area contributed by atoms with Crippen LogP contribution in [0.5, 0.6) is 0 Å². The highest BCUT2D eigenvalue weighted by Gasteiger charge is 2.26. The Hall–Kier alpha value is -0.480. The number of hydrogen-bond acceptors (Lipinski definition) is 3. The average molecular weight is 252 g/mol. The lowest BCUT2D eigenvalue weighted by atomic mass is 9.97. The van der Waals surface area contributed by atoms with E-state index in [0.717, 1.165) is 19.4 Å². The van der Waals surface area contributed by atoms with Crippen molar-refractivity contribution >= 4 is 11.8 Å². The highest BCUT2D eigenvalue weighted by atomic mass is 32.2. The summed E-state index contributed by atoms with van der Waals surface area (Å²) in [6.07, 6.45) is 6.79. The zero-order valence-corrected chi connectivity index (χ0v) is 11.0. The predicted octanol–water partition coefficient (Wildman–Crippen LogP) is 2.05. The van der Waals surface area contributed by atoms with Crippen molar-refractivity contribution in [1.82, 2.24) is 9.55 Å². The monoisotopic (exact) mass is 252 g/mol. The third-order valence-electron chi connectivity index (χ3n) is 4.06. The van der Waals surface area contributed by atoms with Crippen molar-refractivity contribution in [3.05, 3.63) is 17.7 Å². The van der Waals surface area contributed by atoms with E-state index in [9.17, 15) is 5.11 Å². The Balaban J connectivity index is 1.83. The minimum Gasteiger partial charge on any atom is -0.396 e. The smallest absolute Gasteiger partial charge is 0.112 e. The number of aliphatic hydroxyl groups is 1. The molecule has 0 bridgehead atoms. The van der Waals surface area contributed by atoms with E-state index in [1.165, 1.54) is 35.9 Å². The van der Waals surface area contributed by atoms with Gasteiger partial charge in [0.05, 0.1) is 0 Å². The van der Waals surface area contributed by atoms with Crippen molar-refractivity contribution in [1.29, 1.82) is 0 Å². The second-order valence-corrected chi connectivity index (χ2v) is 6.42. The van der Waals surface area contributed by atoms with Gasteiger partial charge in [0.25, 0.3) is 0 Å². The van der Waals surface area contributed by atoms with E-state index in [1.807, 2.05) is 0 Å². The fourth-order valence-corrected chi connectivity index (χ4v) is 4.08. The predicted molar refractivity (Wildman–Crippen MR) is 70.4 cm³/mol. The molecule has 17 heavy (non-hydrogen) atoms. The van der Waals surface area contributed by atoms with Gasteiger partial charge in [0.15, 0.2) is 0 Å². The molecular formula is C13H20N2OS. The van der Waals surface area contributed by atoms with Gasteiger partial charge in [0.1, 0.15) is 5.82 Å². The van der Waals surface area contributed by atoms with Crippen LogP contribution in [0.3, 0.4) is 0 Å². The maximum absolute atomic E-state index is 9.32. The summed E-state index contributed by atoms with van der Waals surface area (Å²) in [6, 6.07) is 0. The summed E-state index contributed by atoms with van der Waals surface area (Å²) in [5, 5.41) is 9.32. The number of aromatic nitrogens is 2. The van der Waals surface area contributed by atoms with Crippen molar-refractivity contribution in [2.75, 3.05) is 18.1 Å². The lowest BCUT2D eigenvalue weighted by Crippen LogP contribution is -2.25. The van der Waals surface area contributed by atoms with Gasteiger partial charge in [-0.05, 0) is 37.2 Å². The van der Waals surface area contributed by atoms with Gasteiger partial charge in [0, 0.05) is 36.9 Å². The van der Waals surface area contributed by atoms with Crippen LogP contribution in [0.2, 0.25) is 0 Å². The molecule has 2 aliphatic rings. The number of fused-ring (bicyclic) bond motifs is 1. The molecule has 1 fully saturated rings. The third kappa shape index (κ3) is 2.25. The number of aryl methyl sites for hydroxylation is 1. The van der Waals surface area contributed by atoms with E-state index in [1.54, 1.807) is 0 Å². The van der Waals surface area contributed by atoms with Crippen LogP contribution in [0.1, 0.15) is 36.7 Å². The van der Waals surface area contributed by atoms with Crippen LogP contribution in [0.4, 0.5) is 0 Å². The van der Waals surface area contributed by atoms with Crippen molar-refractivity contribution in [2.24, 2.45) is 5.92 Å². The molecule has 0 spiro atoms. The number of hydrogen-bond donors (Lipinski definition) is 1. The molecule has 1 aromatic rings. The SMILES string of the molecule is OCC1CCc2cnc(C3CCSCC3)n2C1. The largest absolute Gasteiger partial charge is 0.396 e. The van der Waals surface area contributed by atoms with Crippen molar-refractivity contribution in [3.63, 3.8) is 0 Å². The molecule has 0 radical (unpaired) electrons. The molecule has 3 rings (SSSR count). The molecular weight excluding hydrogens is 232 g/mol. The maximum Gasteiger partial charge on any atom is 0.112 e. The molecule has 1 atom stereocenters. The van der Waals surface area contributed by atoms with Gasteiger partial charge in [-0.3, -0.25) is 0 Å². The molecule has 0 amide bonds. The molecule has 1 unspecified atom stereocenters. The first-order valence-corrected chi connectivity index (χ1v) is 7.77. The van der Waals surface area contributed by atoms with E-state index in [0.29, 0.717) is 18.4 Å². The number of aliphatic hydroxyl groups excluding tert-OH is 1. The van der Waals surface area contributed by atoms with E-state index in [2.05, 4.69) is 27.5 Å². The van der Waals surface area contributed by atoms with Crippen LogP contribution in [0, 0.1) is 5.92 Å². The maximum atomic E-state index is 9.32. The average Bonchev–Trinajstić information content (AvgIpc) is 2.82. The van der Waals surface area contributed by atoms with Gasteiger partial charge >= 0.3 is 0 Å². The van der Waals surface area contributed by atoms with Gasteiger partial charge in [-0.1, -0.05) is 0 Å². The first-order valence-electron chi connectivity index (χ1n) is 6.61. The molecule has 1 aromatic heterocycles. The summed E-state index contributed by atoms with van der Waals surface area (Å²) < 4.78 is 2.39. The second-order valence-electron chi connectivity index (χ2n) is 5.19. The Morgan fingerprint density at radius 2 is 2.18 bits per heavy atom. The standard InChI is InChI=1S/C13H20N2OS/c16-9-10-1-2-12-7-14-13(15(12)8-10)11-3-5-17-6-4-11/h7,10-11,16H,1-6,8-9H2. The highest BCUT2D eigenvalue weighted by molar-refractivity contribution is 7.99. The summed E-state index contributed by atoms with van der Waals surface area (Å²) in [5.74, 6) is 4.93. The minimum absolute atomic E-state index is 0.317. The van der Waals surface area contributed by atoms with Crippen LogP contribution in [-0.2, 0) is 13.0 Å². The molecule has 0 saturated carbocycles. The summed E-state index contributed by atoms with van der Waals surface area (Å²) in [4.78, 5) is 4.66.